The van der Waals surface area contributed by atoms with Crippen LogP contribution in [0.1, 0.15) is 31.2 Å². The van der Waals surface area contributed by atoms with E-state index in [1.54, 1.807) is 0 Å². The first-order chi connectivity index (χ1) is 10.1. The van der Waals surface area contributed by atoms with E-state index in [0.29, 0.717) is 11.8 Å². The molecule has 3 atom stereocenters. The van der Waals surface area contributed by atoms with Gasteiger partial charge in [-0.15, -0.1) is 0 Å². The Morgan fingerprint density at radius 1 is 1.38 bits per heavy atom. The van der Waals surface area contributed by atoms with E-state index < -0.39 is 5.82 Å². The monoisotopic (exact) mass is 291 g/mol. The molecular formula is C15H18FN3O2. The van der Waals surface area contributed by atoms with Gasteiger partial charge < -0.3 is 16.3 Å². The van der Waals surface area contributed by atoms with Crippen LogP contribution in [0.5, 0.6) is 0 Å². The molecule has 0 spiro atoms. The Bertz CT molecular complexity index is 603. The van der Waals surface area contributed by atoms with E-state index in [1.807, 2.05) is 0 Å². The van der Waals surface area contributed by atoms with Crippen LogP contribution >= 0.6 is 0 Å². The molecule has 2 aliphatic rings. The highest BCUT2D eigenvalue weighted by molar-refractivity contribution is 5.98. The summed E-state index contributed by atoms with van der Waals surface area (Å²) in [4.78, 5) is 12.3. The van der Waals surface area contributed by atoms with Gasteiger partial charge in [0.1, 0.15) is 5.82 Å². The van der Waals surface area contributed by atoms with Gasteiger partial charge in [-0.1, -0.05) is 11.6 Å². The van der Waals surface area contributed by atoms with Crippen LogP contribution in [0.2, 0.25) is 0 Å². The van der Waals surface area contributed by atoms with Crippen molar-refractivity contribution < 1.29 is 14.4 Å². The predicted octanol–water partition coefficient (Wildman–Crippen LogP) is 2.29. The quantitative estimate of drug-likeness (QED) is 0.345. The maximum atomic E-state index is 14.0. The number of amides is 1. The highest BCUT2D eigenvalue weighted by Crippen LogP contribution is 2.48. The molecule has 4 N–H and O–H groups in total. The summed E-state index contributed by atoms with van der Waals surface area (Å²) >= 11 is 0. The Morgan fingerprint density at radius 2 is 2.19 bits per heavy atom. The Labute approximate surface area is 122 Å². The summed E-state index contributed by atoms with van der Waals surface area (Å²) in [6, 6.07) is 4.09. The molecule has 2 saturated carbocycles. The largest absolute Gasteiger partial charge is 0.409 e. The molecule has 1 amide bonds. The van der Waals surface area contributed by atoms with Gasteiger partial charge in [-0.05, 0) is 49.3 Å². The van der Waals surface area contributed by atoms with E-state index in [2.05, 4.69) is 10.5 Å². The summed E-state index contributed by atoms with van der Waals surface area (Å²) in [6.07, 6.45) is 4.37. The molecule has 3 unspecified atom stereocenters. The lowest BCUT2D eigenvalue weighted by atomic mass is 9.88. The van der Waals surface area contributed by atoms with Gasteiger partial charge in [0.05, 0.1) is 5.69 Å². The highest BCUT2D eigenvalue weighted by Gasteiger charge is 2.43. The smallest absolute Gasteiger partial charge is 0.227 e. The fourth-order valence-electron chi connectivity index (χ4n) is 3.62. The first-order valence-electron chi connectivity index (χ1n) is 7.16. The predicted molar refractivity (Wildman–Crippen MR) is 76.5 cm³/mol. The number of carbonyl (C=O) groups excluding carboxylic acids is 1. The molecule has 3 rings (SSSR count). The van der Waals surface area contributed by atoms with Crippen molar-refractivity contribution in [3.05, 3.63) is 29.6 Å². The van der Waals surface area contributed by atoms with Crippen LogP contribution in [-0.4, -0.2) is 17.0 Å². The molecule has 2 bridgehead atoms. The van der Waals surface area contributed by atoms with Crippen LogP contribution in [0.3, 0.4) is 0 Å². The first-order valence-corrected chi connectivity index (χ1v) is 7.16. The number of nitrogens with one attached hydrogen (secondary N) is 1. The zero-order valence-corrected chi connectivity index (χ0v) is 11.6. The Morgan fingerprint density at radius 3 is 2.76 bits per heavy atom. The number of anilines is 1. The van der Waals surface area contributed by atoms with Crippen LogP contribution < -0.4 is 11.1 Å². The second-order valence-corrected chi connectivity index (χ2v) is 5.95. The van der Waals surface area contributed by atoms with Crippen molar-refractivity contribution in [1.29, 1.82) is 0 Å². The number of benzene rings is 1. The first kappa shape index (κ1) is 13.9. The van der Waals surface area contributed by atoms with Gasteiger partial charge in [-0.25, -0.2) is 4.39 Å². The van der Waals surface area contributed by atoms with Crippen molar-refractivity contribution in [1.82, 2.24) is 0 Å². The maximum Gasteiger partial charge on any atom is 0.227 e. The zero-order valence-electron chi connectivity index (χ0n) is 11.6. The average molecular weight is 291 g/mol. The number of fused-ring (bicyclic) bond motifs is 2. The summed E-state index contributed by atoms with van der Waals surface area (Å²) < 4.78 is 14.0. The Balaban J connectivity index is 1.71. The lowest BCUT2D eigenvalue weighted by molar-refractivity contribution is -0.121. The van der Waals surface area contributed by atoms with Crippen LogP contribution in [0.15, 0.2) is 23.4 Å². The van der Waals surface area contributed by atoms with Crippen molar-refractivity contribution in [2.24, 2.45) is 28.6 Å². The molecule has 5 nitrogen and oxygen atoms in total. The third-order valence-electron chi connectivity index (χ3n) is 4.71. The summed E-state index contributed by atoms with van der Waals surface area (Å²) in [6.45, 7) is 0. The Hall–Kier alpha value is -2.11. The van der Waals surface area contributed by atoms with E-state index >= 15 is 0 Å². The van der Waals surface area contributed by atoms with E-state index in [1.165, 1.54) is 18.6 Å². The van der Waals surface area contributed by atoms with E-state index in [4.69, 9.17) is 10.9 Å². The minimum Gasteiger partial charge on any atom is -0.409 e. The summed E-state index contributed by atoms with van der Waals surface area (Å²) in [5.74, 6) is 0.271. The molecule has 2 aliphatic carbocycles. The number of amidine groups is 1. The zero-order chi connectivity index (χ0) is 15.0. The van der Waals surface area contributed by atoms with E-state index in [9.17, 15) is 9.18 Å². The number of oxime groups is 1. The van der Waals surface area contributed by atoms with Crippen LogP contribution in [0.4, 0.5) is 10.1 Å². The van der Waals surface area contributed by atoms with Gasteiger partial charge in [0.25, 0.3) is 0 Å². The maximum absolute atomic E-state index is 14.0. The van der Waals surface area contributed by atoms with Crippen LogP contribution in [0, 0.1) is 23.6 Å². The van der Waals surface area contributed by atoms with Gasteiger partial charge in [0.2, 0.25) is 5.91 Å². The molecule has 0 saturated heterocycles. The van der Waals surface area contributed by atoms with Crippen molar-refractivity contribution >= 4 is 17.4 Å². The van der Waals surface area contributed by atoms with E-state index in [-0.39, 0.29) is 28.9 Å². The normalized spacial score (nSPS) is 27.9. The highest BCUT2D eigenvalue weighted by atomic mass is 19.1. The SMILES string of the molecule is N/C(=N/O)c1ccc(NC(=O)C2CC3CCC2C3)c(F)c1. The molecular weight excluding hydrogens is 273 g/mol. The summed E-state index contributed by atoms with van der Waals surface area (Å²) in [5.41, 5.74) is 5.81. The number of rotatable bonds is 3. The summed E-state index contributed by atoms with van der Waals surface area (Å²) in [5, 5.41) is 14.1. The number of carbonyl (C=O) groups is 1. The lowest BCUT2D eigenvalue weighted by Crippen LogP contribution is -2.27. The number of hydrogen-bond acceptors (Lipinski definition) is 3. The number of hydrogen-bond donors (Lipinski definition) is 3. The van der Waals surface area contributed by atoms with Gasteiger partial charge in [-0.3, -0.25) is 4.79 Å². The molecule has 0 radical (unpaired) electrons. The fourth-order valence-corrected chi connectivity index (χ4v) is 3.62. The fraction of sp³-hybridized carbons (Fsp3) is 0.467. The minimum absolute atomic E-state index is 0.00639. The molecule has 0 aliphatic heterocycles. The second kappa shape index (κ2) is 5.35. The topological polar surface area (TPSA) is 87.7 Å². The molecule has 1 aromatic carbocycles. The molecule has 0 aromatic heterocycles. The van der Waals surface area contributed by atoms with Crippen molar-refractivity contribution in [3.63, 3.8) is 0 Å². The molecule has 0 heterocycles. The summed E-state index contributed by atoms with van der Waals surface area (Å²) in [7, 11) is 0. The average Bonchev–Trinajstić information content (AvgIpc) is 3.11. The van der Waals surface area contributed by atoms with Gasteiger partial charge in [-0.2, -0.15) is 0 Å². The van der Waals surface area contributed by atoms with E-state index in [0.717, 1.165) is 25.3 Å². The van der Waals surface area contributed by atoms with Gasteiger partial charge in [0.15, 0.2) is 5.84 Å². The standard InChI is InChI=1S/C15H18FN3O2/c16-12-7-10(14(17)19-21)3-4-13(12)18-15(20)11-6-8-1-2-9(11)5-8/h3-4,7-9,11,21H,1-2,5-6H2,(H2,17,19)(H,18,20). The van der Waals surface area contributed by atoms with Crippen LogP contribution in [0.25, 0.3) is 0 Å². The van der Waals surface area contributed by atoms with Gasteiger partial charge >= 0.3 is 0 Å². The number of nitrogens with zero attached hydrogens (tertiary/aromatic N) is 1. The molecule has 6 heteroatoms. The third-order valence-corrected chi connectivity index (χ3v) is 4.71. The van der Waals surface area contributed by atoms with Crippen molar-refractivity contribution in [3.8, 4) is 0 Å². The molecule has 21 heavy (non-hydrogen) atoms. The van der Waals surface area contributed by atoms with Crippen LogP contribution in [-0.2, 0) is 4.79 Å². The third kappa shape index (κ3) is 2.57. The van der Waals surface area contributed by atoms with Gasteiger partial charge in [0, 0.05) is 11.5 Å². The lowest BCUT2D eigenvalue weighted by Gasteiger charge is -2.21. The number of halogens is 1. The molecule has 1 aromatic rings. The van der Waals surface area contributed by atoms with Crippen molar-refractivity contribution in [2.45, 2.75) is 25.7 Å². The molecule has 2 fully saturated rings. The second-order valence-electron chi connectivity index (χ2n) is 5.95. The Kier molecular flexibility index (Phi) is 3.53. The van der Waals surface area contributed by atoms with Crippen molar-refractivity contribution in [2.75, 3.05) is 5.32 Å². The number of nitrogens with two attached hydrogens (primary N) is 1. The minimum atomic E-state index is -0.587. The molecule has 112 valence electrons.